The van der Waals surface area contributed by atoms with E-state index in [4.69, 9.17) is 11.6 Å². The minimum absolute atomic E-state index is 0.0102. The second-order valence-electron chi connectivity index (χ2n) is 5.00. The summed E-state index contributed by atoms with van der Waals surface area (Å²) in [5.74, 6) is -0.0102. The number of rotatable bonds is 3. The summed E-state index contributed by atoms with van der Waals surface area (Å²) >= 11 is 6.16. The van der Waals surface area contributed by atoms with E-state index >= 15 is 0 Å². The average Bonchev–Trinajstić information content (AvgIpc) is 2.83. The molecule has 2 N–H and O–H groups in total. The number of carbonyl (C=O) groups is 1. The Labute approximate surface area is 118 Å². The molecular weight excluding hydrogens is 264 g/mol. The van der Waals surface area contributed by atoms with E-state index in [0.717, 1.165) is 5.56 Å². The number of β-amino-alcohol motifs (C(OH)–C–C–N with tert-alkyl or cyclic N) is 1. The third kappa shape index (κ3) is 3.08. The molecule has 0 radical (unpaired) electrons. The van der Waals surface area contributed by atoms with Gasteiger partial charge in [0.15, 0.2) is 0 Å². The number of aliphatic hydroxyl groups is 1. The fourth-order valence-corrected chi connectivity index (χ4v) is 2.66. The van der Waals surface area contributed by atoms with Gasteiger partial charge in [-0.3, -0.25) is 4.79 Å². The Morgan fingerprint density at radius 1 is 1.53 bits per heavy atom. The minimum atomic E-state index is -0.432. The highest BCUT2D eigenvalue weighted by Gasteiger charge is 2.32. The molecule has 1 fully saturated rings. The molecule has 1 aliphatic rings. The van der Waals surface area contributed by atoms with Crippen molar-refractivity contribution < 1.29 is 9.90 Å². The number of nitrogens with zero attached hydrogens (tertiary/aromatic N) is 1. The topological polar surface area (TPSA) is 52.6 Å². The van der Waals surface area contributed by atoms with E-state index in [-0.39, 0.29) is 18.0 Å². The lowest BCUT2D eigenvalue weighted by molar-refractivity contribution is -0.133. The molecule has 104 valence electrons. The first-order chi connectivity index (χ1) is 9.00. The Kier molecular flexibility index (Phi) is 4.45. The van der Waals surface area contributed by atoms with E-state index in [1.54, 1.807) is 11.9 Å². The molecule has 0 aromatic heterocycles. The van der Waals surface area contributed by atoms with Gasteiger partial charge in [-0.05, 0) is 25.0 Å². The van der Waals surface area contributed by atoms with Gasteiger partial charge in [0.25, 0.3) is 0 Å². The fraction of sp³-hybridized carbons (Fsp3) is 0.500. The highest BCUT2D eigenvalue weighted by molar-refractivity contribution is 6.31. The van der Waals surface area contributed by atoms with Gasteiger partial charge >= 0.3 is 0 Å². The number of benzene rings is 1. The van der Waals surface area contributed by atoms with Gasteiger partial charge in [-0.1, -0.05) is 29.8 Å². The van der Waals surface area contributed by atoms with E-state index in [2.05, 4.69) is 5.32 Å². The summed E-state index contributed by atoms with van der Waals surface area (Å²) in [5, 5.41) is 13.2. The van der Waals surface area contributed by atoms with Crippen LogP contribution >= 0.6 is 11.6 Å². The van der Waals surface area contributed by atoms with Crippen LogP contribution in [0.4, 0.5) is 0 Å². The molecule has 1 aromatic rings. The Morgan fingerprint density at radius 2 is 2.21 bits per heavy atom. The van der Waals surface area contributed by atoms with Gasteiger partial charge in [0.2, 0.25) is 5.91 Å². The maximum absolute atomic E-state index is 12.3. The normalized spacial score (nSPS) is 24.2. The molecule has 0 aliphatic carbocycles. The third-order valence-corrected chi connectivity index (χ3v) is 4.03. The van der Waals surface area contributed by atoms with E-state index in [9.17, 15) is 9.90 Å². The summed E-state index contributed by atoms with van der Waals surface area (Å²) in [5.41, 5.74) is 0.929. The second-order valence-corrected chi connectivity index (χ2v) is 5.40. The molecule has 19 heavy (non-hydrogen) atoms. The van der Waals surface area contributed by atoms with Crippen molar-refractivity contribution in [1.29, 1.82) is 0 Å². The summed E-state index contributed by atoms with van der Waals surface area (Å²) in [6.45, 7) is 2.43. The quantitative estimate of drug-likeness (QED) is 0.885. The first-order valence-corrected chi connectivity index (χ1v) is 6.81. The lowest BCUT2D eigenvalue weighted by Crippen LogP contribution is -2.42. The molecule has 2 rings (SSSR count). The molecule has 3 unspecified atom stereocenters. The van der Waals surface area contributed by atoms with Crippen LogP contribution < -0.4 is 5.32 Å². The van der Waals surface area contributed by atoms with Crippen molar-refractivity contribution >= 4 is 17.5 Å². The molecular formula is C14H19ClN2O2. The standard InChI is InChI=1S/C14H19ClN2O2/c1-9(11-5-3-4-6-12(11)15)17(2)14(19)13-7-10(18)8-16-13/h3-6,9-10,13,16,18H,7-8H2,1-2H3. The monoisotopic (exact) mass is 282 g/mol. The van der Waals surface area contributed by atoms with Crippen molar-refractivity contribution in [2.24, 2.45) is 0 Å². The van der Waals surface area contributed by atoms with Gasteiger partial charge in [0, 0.05) is 18.6 Å². The van der Waals surface area contributed by atoms with Crippen LogP contribution in [0.2, 0.25) is 5.02 Å². The van der Waals surface area contributed by atoms with Crippen molar-refractivity contribution in [1.82, 2.24) is 10.2 Å². The first-order valence-electron chi connectivity index (χ1n) is 6.43. The largest absolute Gasteiger partial charge is 0.392 e. The zero-order valence-corrected chi connectivity index (χ0v) is 11.9. The Morgan fingerprint density at radius 3 is 2.79 bits per heavy atom. The van der Waals surface area contributed by atoms with Crippen molar-refractivity contribution in [3.8, 4) is 0 Å². The lowest BCUT2D eigenvalue weighted by Gasteiger charge is -2.28. The first kappa shape index (κ1) is 14.3. The van der Waals surface area contributed by atoms with Crippen LogP contribution in [-0.2, 0) is 4.79 Å². The van der Waals surface area contributed by atoms with Gasteiger partial charge < -0.3 is 15.3 Å². The molecule has 5 heteroatoms. The Balaban J connectivity index is 2.09. The van der Waals surface area contributed by atoms with Crippen LogP contribution in [-0.4, -0.2) is 41.7 Å². The SMILES string of the molecule is CC(c1ccccc1Cl)N(C)C(=O)C1CC(O)CN1. The summed E-state index contributed by atoms with van der Waals surface area (Å²) in [6, 6.07) is 7.13. The number of nitrogens with one attached hydrogen (secondary N) is 1. The van der Waals surface area contributed by atoms with Crippen molar-refractivity contribution in [2.75, 3.05) is 13.6 Å². The maximum Gasteiger partial charge on any atom is 0.240 e. The zero-order valence-electron chi connectivity index (χ0n) is 11.1. The number of likely N-dealkylation sites (N-methyl/N-ethyl adjacent to an activating group) is 1. The van der Waals surface area contributed by atoms with Crippen LogP contribution in [0.3, 0.4) is 0 Å². The van der Waals surface area contributed by atoms with Crippen molar-refractivity contribution in [2.45, 2.75) is 31.5 Å². The predicted molar refractivity (Wildman–Crippen MR) is 75.1 cm³/mol. The molecule has 0 saturated carbocycles. The number of aliphatic hydroxyl groups excluding tert-OH is 1. The van der Waals surface area contributed by atoms with E-state index in [0.29, 0.717) is 18.0 Å². The van der Waals surface area contributed by atoms with Crippen molar-refractivity contribution in [3.63, 3.8) is 0 Å². The van der Waals surface area contributed by atoms with Gasteiger partial charge in [-0.15, -0.1) is 0 Å². The van der Waals surface area contributed by atoms with Gasteiger partial charge in [-0.2, -0.15) is 0 Å². The smallest absolute Gasteiger partial charge is 0.240 e. The third-order valence-electron chi connectivity index (χ3n) is 3.69. The summed E-state index contributed by atoms with van der Waals surface area (Å²) in [7, 11) is 1.77. The van der Waals surface area contributed by atoms with E-state index < -0.39 is 6.10 Å². The van der Waals surface area contributed by atoms with E-state index in [1.807, 2.05) is 31.2 Å². The lowest BCUT2D eigenvalue weighted by atomic mass is 10.1. The summed E-state index contributed by atoms with van der Waals surface area (Å²) in [6.07, 6.45) is 0.0382. The average molecular weight is 283 g/mol. The molecule has 1 saturated heterocycles. The van der Waals surface area contributed by atoms with E-state index in [1.165, 1.54) is 0 Å². The molecule has 1 heterocycles. The molecule has 1 aromatic carbocycles. The molecule has 1 aliphatic heterocycles. The highest BCUT2D eigenvalue weighted by atomic mass is 35.5. The Bertz CT molecular complexity index is 467. The molecule has 4 nitrogen and oxygen atoms in total. The number of halogens is 1. The van der Waals surface area contributed by atoms with Crippen LogP contribution in [0, 0.1) is 0 Å². The number of hydrogen-bond donors (Lipinski definition) is 2. The maximum atomic E-state index is 12.3. The molecule has 0 bridgehead atoms. The zero-order chi connectivity index (χ0) is 14.0. The van der Waals surface area contributed by atoms with Gasteiger partial charge in [0.1, 0.15) is 0 Å². The molecule has 1 amide bonds. The number of carbonyl (C=O) groups excluding carboxylic acids is 1. The molecule has 3 atom stereocenters. The number of hydrogen-bond acceptors (Lipinski definition) is 3. The van der Waals surface area contributed by atoms with Crippen molar-refractivity contribution in [3.05, 3.63) is 34.9 Å². The van der Waals surface area contributed by atoms with Crippen LogP contribution in [0.1, 0.15) is 24.9 Å². The summed E-state index contributed by atoms with van der Waals surface area (Å²) < 4.78 is 0. The number of amides is 1. The van der Waals surface area contributed by atoms with Crippen LogP contribution in [0.15, 0.2) is 24.3 Å². The van der Waals surface area contributed by atoms with Gasteiger partial charge in [-0.25, -0.2) is 0 Å². The highest BCUT2D eigenvalue weighted by Crippen LogP contribution is 2.27. The minimum Gasteiger partial charge on any atom is -0.392 e. The van der Waals surface area contributed by atoms with Gasteiger partial charge in [0.05, 0.1) is 18.2 Å². The molecule has 0 spiro atoms. The Hall–Kier alpha value is -1.10. The fourth-order valence-electron chi connectivity index (χ4n) is 2.36. The predicted octanol–water partition coefficient (Wildman–Crippen LogP) is 1.58. The van der Waals surface area contributed by atoms with Crippen LogP contribution in [0.25, 0.3) is 0 Å². The van der Waals surface area contributed by atoms with Crippen LogP contribution in [0.5, 0.6) is 0 Å². The second kappa shape index (κ2) is 5.90. The summed E-state index contributed by atoms with van der Waals surface area (Å²) in [4.78, 5) is 14.0.